The summed E-state index contributed by atoms with van der Waals surface area (Å²) in [5, 5.41) is 18.0. The first kappa shape index (κ1) is 31.3. The zero-order valence-corrected chi connectivity index (χ0v) is 26.9. The van der Waals surface area contributed by atoms with E-state index in [0.29, 0.717) is 46.7 Å². The Bertz CT molecular complexity index is 1820. The van der Waals surface area contributed by atoms with Gasteiger partial charge in [-0.2, -0.15) is 5.10 Å². The summed E-state index contributed by atoms with van der Waals surface area (Å²) >= 11 is 1.33. The highest BCUT2D eigenvalue weighted by Crippen LogP contribution is 2.36. The van der Waals surface area contributed by atoms with Gasteiger partial charge in [-0.15, -0.1) is 11.3 Å². The van der Waals surface area contributed by atoms with Crippen LogP contribution in [0.5, 0.6) is 5.88 Å². The maximum Gasteiger partial charge on any atom is 0.267 e. The van der Waals surface area contributed by atoms with Gasteiger partial charge in [0.15, 0.2) is 10.7 Å². The van der Waals surface area contributed by atoms with E-state index in [9.17, 15) is 19.1 Å². The molecule has 0 unspecified atom stereocenters. The number of nitrogen functional groups attached to an aromatic ring is 1. The molecule has 3 fully saturated rings. The van der Waals surface area contributed by atoms with Gasteiger partial charge in [-0.05, 0) is 63.6 Å². The lowest BCUT2D eigenvalue weighted by Gasteiger charge is -2.44. The van der Waals surface area contributed by atoms with Crippen LogP contribution < -0.4 is 26.4 Å². The van der Waals surface area contributed by atoms with E-state index in [1.807, 2.05) is 13.0 Å². The highest BCUT2D eigenvalue weighted by Gasteiger charge is 2.35. The summed E-state index contributed by atoms with van der Waals surface area (Å²) < 4.78 is 22.7. The van der Waals surface area contributed by atoms with Crippen LogP contribution in [-0.2, 0) is 0 Å². The zero-order valence-electron chi connectivity index (χ0n) is 26.1. The number of nitrogens with one attached hydrogen (secondary N) is 1. The number of hydrogen-bond acceptors (Lipinski definition) is 11. The maximum absolute atomic E-state index is 14.7. The molecular weight excluding hydrogens is 625 g/mol. The molecule has 1 saturated carbocycles. The number of fused-ring (bicyclic) bond motifs is 1. The van der Waals surface area contributed by atoms with Crippen LogP contribution in [-0.4, -0.2) is 91.9 Å². The van der Waals surface area contributed by atoms with Gasteiger partial charge in [-0.1, -0.05) is 6.07 Å². The highest BCUT2D eigenvalue weighted by molar-refractivity contribution is 7.13. The average Bonchev–Trinajstić information content (AvgIpc) is 3.61. The number of nitrogens with zero attached hydrogens (tertiary/aromatic N) is 6. The standard InChI is InChI=1S/C32H38FN9O4S/c1-17-38-32(46-22-7-5-20(6-8-22)41-14-21(43)15-41)28(47-17)31(45)39-19-3-2-10-40(13-19)26-12-25(42-27(26)29(34)36-16-37-42)18-4-9-23(30(35)44)24(33)11-18/h4,9,11-12,16,19-22,43H,2-3,5-8,10,13-15H2,1H3,(H2,35,44)(H,39,45)(H2,34,36,37)/t19-,20?,22?/m1/s1. The maximum atomic E-state index is 14.7. The lowest BCUT2D eigenvalue weighted by atomic mass is 9.90. The van der Waals surface area contributed by atoms with E-state index in [0.717, 1.165) is 62.3 Å². The van der Waals surface area contributed by atoms with Crippen LogP contribution in [0.15, 0.2) is 30.6 Å². The van der Waals surface area contributed by atoms with Crippen molar-refractivity contribution in [2.24, 2.45) is 5.73 Å². The number of aryl methyl sites for hydroxylation is 1. The van der Waals surface area contributed by atoms with Crippen molar-refractivity contribution in [1.29, 1.82) is 0 Å². The number of nitrogens with two attached hydrogens (primary N) is 2. The van der Waals surface area contributed by atoms with E-state index in [-0.39, 0.29) is 35.5 Å². The second kappa shape index (κ2) is 12.7. The number of piperidine rings is 1. The van der Waals surface area contributed by atoms with Gasteiger partial charge in [0.2, 0.25) is 5.88 Å². The molecule has 3 aliphatic rings. The minimum atomic E-state index is -0.846. The molecule has 248 valence electrons. The van der Waals surface area contributed by atoms with E-state index in [4.69, 9.17) is 16.2 Å². The number of rotatable bonds is 8. The summed E-state index contributed by atoms with van der Waals surface area (Å²) in [4.78, 5) is 38.9. The van der Waals surface area contributed by atoms with Gasteiger partial charge in [0.25, 0.3) is 11.8 Å². The molecular formula is C32H38FN9O4S. The summed E-state index contributed by atoms with van der Waals surface area (Å²) in [5.74, 6) is -1.13. The predicted octanol–water partition coefficient (Wildman–Crippen LogP) is 2.75. The number of halogens is 1. The first-order valence-electron chi connectivity index (χ1n) is 16.0. The number of aliphatic hydroxyl groups is 1. The molecule has 2 saturated heterocycles. The summed E-state index contributed by atoms with van der Waals surface area (Å²) in [5.41, 5.74) is 13.8. The third-order valence-electron chi connectivity index (χ3n) is 9.43. The van der Waals surface area contributed by atoms with Crippen LogP contribution in [0, 0.1) is 12.7 Å². The Balaban J connectivity index is 1.06. The largest absolute Gasteiger partial charge is 0.473 e. The number of anilines is 2. The van der Waals surface area contributed by atoms with E-state index in [1.165, 1.54) is 29.8 Å². The quantitative estimate of drug-likeness (QED) is 0.219. The number of aromatic nitrogens is 4. The monoisotopic (exact) mass is 663 g/mol. The van der Waals surface area contributed by atoms with Gasteiger partial charge in [-0.25, -0.2) is 18.9 Å². The van der Waals surface area contributed by atoms with Gasteiger partial charge in [-0.3, -0.25) is 14.5 Å². The Morgan fingerprint density at radius 1 is 1.13 bits per heavy atom. The Morgan fingerprint density at radius 2 is 1.91 bits per heavy atom. The molecule has 5 heterocycles. The molecule has 3 aromatic heterocycles. The third kappa shape index (κ3) is 6.22. The van der Waals surface area contributed by atoms with Gasteiger partial charge in [0, 0.05) is 43.8 Å². The van der Waals surface area contributed by atoms with Crippen molar-refractivity contribution < 1.29 is 23.8 Å². The number of amides is 2. The molecule has 1 aliphatic carbocycles. The number of likely N-dealkylation sites (tertiary alicyclic amines) is 1. The molecule has 0 radical (unpaired) electrons. The van der Waals surface area contributed by atoms with Gasteiger partial charge >= 0.3 is 0 Å². The summed E-state index contributed by atoms with van der Waals surface area (Å²) in [7, 11) is 0. The van der Waals surface area contributed by atoms with E-state index < -0.39 is 11.7 Å². The van der Waals surface area contributed by atoms with Crippen LogP contribution in [0.25, 0.3) is 16.8 Å². The van der Waals surface area contributed by atoms with Crippen molar-refractivity contribution in [3.63, 3.8) is 0 Å². The predicted molar refractivity (Wildman–Crippen MR) is 175 cm³/mol. The Morgan fingerprint density at radius 3 is 2.64 bits per heavy atom. The fourth-order valence-corrected chi connectivity index (χ4v) is 7.79. The normalized spacial score (nSPS) is 22.3. The second-order valence-electron chi connectivity index (χ2n) is 12.7. The molecule has 2 aliphatic heterocycles. The molecule has 15 heteroatoms. The van der Waals surface area contributed by atoms with Crippen molar-refractivity contribution in [3.05, 3.63) is 51.9 Å². The summed E-state index contributed by atoms with van der Waals surface area (Å²) in [6, 6.07) is 6.42. The van der Waals surface area contributed by atoms with Gasteiger partial charge < -0.3 is 31.5 Å². The topological polar surface area (TPSA) is 177 Å². The molecule has 1 atom stereocenters. The number of carbonyl (C=O) groups excluding carboxylic acids is 2. The van der Waals surface area contributed by atoms with Crippen molar-refractivity contribution in [3.8, 4) is 17.1 Å². The van der Waals surface area contributed by atoms with E-state index >= 15 is 0 Å². The number of thiazole rings is 1. The Kier molecular flexibility index (Phi) is 8.45. The SMILES string of the molecule is Cc1nc(OC2CCC(N3CC(O)C3)CC2)c(C(=O)N[C@@H]2CCCN(c3cc(-c4ccc(C(N)=O)c(F)c4)n4ncnc(N)c34)C2)s1. The molecule has 4 aromatic rings. The number of hydrogen-bond donors (Lipinski definition) is 4. The number of ether oxygens (including phenoxy) is 1. The van der Waals surface area contributed by atoms with Crippen LogP contribution in [0.3, 0.4) is 0 Å². The minimum Gasteiger partial charge on any atom is -0.473 e. The Hall–Kier alpha value is -4.34. The molecule has 47 heavy (non-hydrogen) atoms. The van der Waals surface area contributed by atoms with Crippen molar-refractivity contribution >= 4 is 40.2 Å². The van der Waals surface area contributed by atoms with Crippen molar-refractivity contribution in [2.75, 3.05) is 36.8 Å². The lowest BCUT2D eigenvalue weighted by molar-refractivity contribution is -0.0410. The summed E-state index contributed by atoms with van der Waals surface area (Å²) in [6.07, 6.45) is 6.50. The van der Waals surface area contributed by atoms with Gasteiger partial charge in [0.05, 0.1) is 28.1 Å². The number of aliphatic hydroxyl groups excluding tert-OH is 1. The number of primary amides is 1. The number of carbonyl (C=O) groups is 2. The molecule has 0 spiro atoms. The second-order valence-corrected chi connectivity index (χ2v) is 13.9. The first-order chi connectivity index (χ1) is 22.6. The van der Waals surface area contributed by atoms with Crippen molar-refractivity contribution in [2.45, 2.75) is 69.7 Å². The number of β-amino-alcohol motifs (C(OH)–C–C–N with tert-alkyl or cyclic N) is 1. The molecule has 13 nitrogen and oxygen atoms in total. The molecule has 2 amide bonds. The van der Waals surface area contributed by atoms with E-state index in [1.54, 1.807) is 10.6 Å². The zero-order chi connectivity index (χ0) is 32.8. The fraction of sp³-hybridized carbons (Fsp3) is 0.469. The number of benzene rings is 1. The molecule has 6 N–H and O–H groups in total. The first-order valence-corrected chi connectivity index (χ1v) is 16.8. The van der Waals surface area contributed by atoms with E-state index in [2.05, 4.69) is 30.2 Å². The van der Waals surface area contributed by atoms with Crippen LogP contribution in [0.4, 0.5) is 15.9 Å². The highest BCUT2D eigenvalue weighted by atomic mass is 32.1. The smallest absolute Gasteiger partial charge is 0.267 e. The average molecular weight is 664 g/mol. The van der Waals surface area contributed by atoms with Crippen molar-refractivity contribution in [1.82, 2.24) is 29.8 Å². The minimum absolute atomic E-state index is 0.00106. The molecule has 7 rings (SSSR count). The van der Waals surface area contributed by atoms with Crippen LogP contribution >= 0.6 is 11.3 Å². The molecule has 1 aromatic carbocycles. The lowest BCUT2D eigenvalue weighted by Crippen LogP contribution is -2.56. The van der Waals surface area contributed by atoms with Crippen LogP contribution in [0.1, 0.15) is 63.6 Å². The summed E-state index contributed by atoms with van der Waals surface area (Å²) in [6.45, 7) is 4.59. The van der Waals surface area contributed by atoms with Gasteiger partial charge in [0.1, 0.15) is 23.8 Å². The Labute approximate surface area is 274 Å². The molecule has 0 bridgehead atoms. The fourth-order valence-electron chi connectivity index (χ4n) is 7.04. The third-order valence-corrected chi connectivity index (χ3v) is 10.4. The van der Waals surface area contributed by atoms with Crippen LogP contribution in [0.2, 0.25) is 0 Å².